The van der Waals surface area contributed by atoms with Gasteiger partial charge in [-0.25, -0.2) is 0 Å². The van der Waals surface area contributed by atoms with Crippen LogP contribution in [0.15, 0.2) is 0 Å². The van der Waals surface area contributed by atoms with Gasteiger partial charge in [0.15, 0.2) is 0 Å². The van der Waals surface area contributed by atoms with E-state index in [0.29, 0.717) is 0 Å². The van der Waals surface area contributed by atoms with Crippen LogP contribution in [0.1, 0.15) is 26.7 Å². The summed E-state index contributed by atoms with van der Waals surface area (Å²) in [6, 6.07) is 0. The highest BCUT2D eigenvalue weighted by atomic mass is 16.1. The normalized spacial score (nSPS) is 19.9. The maximum atomic E-state index is 10.7. The van der Waals surface area contributed by atoms with E-state index in [0.717, 1.165) is 12.5 Å². The number of rotatable bonds is 5. The van der Waals surface area contributed by atoms with Gasteiger partial charge in [-0.1, -0.05) is 13.8 Å². The molecule has 0 spiro atoms. The number of hydrogen-bond acceptors (Lipinski definition) is 3. The van der Waals surface area contributed by atoms with Crippen molar-refractivity contribution in [3.63, 3.8) is 0 Å². The Hall–Kier alpha value is -0.610. The largest absolute Gasteiger partial charge is 0.369 e. The molecule has 1 aliphatic rings. The lowest BCUT2D eigenvalue weighted by molar-refractivity contribution is -0.117. The maximum Gasteiger partial charge on any atom is 0.231 e. The predicted octanol–water partition coefficient (Wildman–Crippen LogP) is 0.429. The fourth-order valence-electron chi connectivity index (χ4n) is 2.44. The average Bonchev–Trinajstić information content (AvgIpc) is 2.17. The van der Waals surface area contributed by atoms with Gasteiger partial charge in [0.1, 0.15) is 0 Å². The van der Waals surface area contributed by atoms with Crippen LogP contribution in [0.25, 0.3) is 0 Å². The van der Waals surface area contributed by atoms with Crippen LogP contribution in [0.4, 0.5) is 0 Å². The molecule has 0 saturated carbocycles. The molecule has 1 fully saturated rings. The Labute approximate surface area is 98.6 Å². The third-order valence-corrected chi connectivity index (χ3v) is 3.70. The number of piperidine rings is 1. The first kappa shape index (κ1) is 13.5. The first-order valence-electron chi connectivity index (χ1n) is 6.09. The van der Waals surface area contributed by atoms with Crippen molar-refractivity contribution >= 4 is 5.91 Å². The second kappa shape index (κ2) is 5.64. The number of primary amides is 1. The standard InChI is InChI=1S/C12H25N3O/c1-12(2,9-14-8-11(13)16)10-4-6-15(3)7-5-10/h10,14H,4-9H2,1-3H3,(H2,13,16). The summed E-state index contributed by atoms with van der Waals surface area (Å²) < 4.78 is 0. The number of carbonyl (C=O) groups excluding carboxylic acids is 1. The van der Waals surface area contributed by atoms with E-state index >= 15 is 0 Å². The molecule has 4 nitrogen and oxygen atoms in total. The monoisotopic (exact) mass is 227 g/mol. The smallest absolute Gasteiger partial charge is 0.231 e. The van der Waals surface area contributed by atoms with Crippen molar-refractivity contribution in [3.05, 3.63) is 0 Å². The minimum Gasteiger partial charge on any atom is -0.369 e. The van der Waals surface area contributed by atoms with Crippen LogP contribution in [-0.4, -0.2) is 44.0 Å². The van der Waals surface area contributed by atoms with E-state index in [1.165, 1.54) is 25.9 Å². The molecule has 0 bridgehead atoms. The third kappa shape index (κ3) is 4.10. The Morgan fingerprint density at radius 3 is 2.50 bits per heavy atom. The van der Waals surface area contributed by atoms with Gasteiger partial charge in [-0.05, 0) is 44.3 Å². The van der Waals surface area contributed by atoms with Crippen molar-refractivity contribution in [2.24, 2.45) is 17.1 Å². The van der Waals surface area contributed by atoms with Gasteiger partial charge in [-0.3, -0.25) is 4.79 Å². The van der Waals surface area contributed by atoms with Crippen molar-refractivity contribution < 1.29 is 4.79 Å². The summed E-state index contributed by atoms with van der Waals surface area (Å²) in [4.78, 5) is 13.0. The number of nitrogens with zero attached hydrogens (tertiary/aromatic N) is 1. The summed E-state index contributed by atoms with van der Waals surface area (Å²) in [7, 11) is 2.18. The van der Waals surface area contributed by atoms with Gasteiger partial charge in [-0.2, -0.15) is 0 Å². The zero-order chi connectivity index (χ0) is 12.2. The van der Waals surface area contributed by atoms with Crippen molar-refractivity contribution in [1.29, 1.82) is 0 Å². The van der Waals surface area contributed by atoms with Crippen LogP contribution in [-0.2, 0) is 4.79 Å². The van der Waals surface area contributed by atoms with Gasteiger partial charge in [0.05, 0.1) is 6.54 Å². The first-order valence-corrected chi connectivity index (χ1v) is 6.09. The Morgan fingerprint density at radius 1 is 1.44 bits per heavy atom. The number of nitrogens with one attached hydrogen (secondary N) is 1. The topological polar surface area (TPSA) is 58.4 Å². The minimum atomic E-state index is -0.279. The molecule has 3 N–H and O–H groups in total. The first-order chi connectivity index (χ1) is 7.42. The van der Waals surface area contributed by atoms with Crippen LogP contribution in [0, 0.1) is 11.3 Å². The molecular weight excluding hydrogens is 202 g/mol. The van der Waals surface area contributed by atoms with E-state index in [9.17, 15) is 4.79 Å². The van der Waals surface area contributed by atoms with E-state index in [2.05, 4.69) is 31.1 Å². The molecule has 0 aromatic rings. The van der Waals surface area contributed by atoms with Crippen LogP contribution in [0.5, 0.6) is 0 Å². The molecule has 0 aliphatic carbocycles. The Bertz CT molecular complexity index is 232. The van der Waals surface area contributed by atoms with Crippen molar-refractivity contribution in [3.8, 4) is 0 Å². The molecule has 1 heterocycles. The average molecular weight is 227 g/mol. The molecule has 16 heavy (non-hydrogen) atoms. The number of carbonyl (C=O) groups is 1. The van der Waals surface area contributed by atoms with Gasteiger partial charge < -0.3 is 16.0 Å². The third-order valence-electron chi connectivity index (χ3n) is 3.70. The van der Waals surface area contributed by atoms with Gasteiger partial charge in [-0.15, -0.1) is 0 Å². The zero-order valence-corrected chi connectivity index (χ0v) is 10.8. The maximum absolute atomic E-state index is 10.7. The highest BCUT2D eigenvalue weighted by molar-refractivity contribution is 5.75. The summed E-state index contributed by atoms with van der Waals surface area (Å²) in [5.41, 5.74) is 5.36. The zero-order valence-electron chi connectivity index (χ0n) is 10.8. The Balaban J connectivity index is 2.34. The molecule has 0 atom stereocenters. The molecule has 4 heteroatoms. The van der Waals surface area contributed by atoms with E-state index in [1.54, 1.807) is 0 Å². The Morgan fingerprint density at radius 2 is 2.00 bits per heavy atom. The fraction of sp³-hybridized carbons (Fsp3) is 0.917. The van der Waals surface area contributed by atoms with Crippen LogP contribution < -0.4 is 11.1 Å². The molecule has 0 unspecified atom stereocenters. The number of likely N-dealkylation sites (tertiary alicyclic amines) is 1. The molecule has 1 aliphatic heterocycles. The predicted molar refractivity (Wildman–Crippen MR) is 66.1 cm³/mol. The lowest BCUT2D eigenvalue weighted by atomic mass is 9.73. The molecular formula is C12H25N3O. The van der Waals surface area contributed by atoms with Gasteiger partial charge in [0.2, 0.25) is 5.91 Å². The second-order valence-corrected chi connectivity index (χ2v) is 5.64. The summed E-state index contributed by atoms with van der Waals surface area (Å²) in [5.74, 6) is 0.461. The van der Waals surface area contributed by atoms with E-state index in [4.69, 9.17) is 5.73 Å². The van der Waals surface area contributed by atoms with Gasteiger partial charge in [0.25, 0.3) is 0 Å². The molecule has 0 aromatic carbocycles. The molecule has 0 aromatic heterocycles. The van der Waals surface area contributed by atoms with Crippen LogP contribution in [0.3, 0.4) is 0 Å². The SMILES string of the molecule is CN1CCC(C(C)(C)CNCC(N)=O)CC1. The molecule has 1 saturated heterocycles. The van der Waals surface area contributed by atoms with Crippen molar-refractivity contribution in [1.82, 2.24) is 10.2 Å². The summed E-state index contributed by atoms with van der Waals surface area (Å²) in [6.45, 7) is 8.07. The fourth-order valence-corrected chi connectivity index (χ4v) is 2.44. The molecule has 1 rings (SSSR count). The van der Waals surface area contributed by atoms with Gasteiger partial charge >= 0.3 is 0 Å². The molecule has 1 amide bonds. The van der Waals surface area contributed by atoms with Crippen molar-refractivity contribution in [2.45, 2.75) is 26.7 Å². The van der Waals surface area contributed by atoms with E-state index in [1.807, 2.05) is 0 Å². The van der Waals surface area contributed by atoms with Gasteiger partial charge in [0, 0.05) is 6.54 Å². The Kier molecular flexibility index (Phi) is 4.74. The summed E-state index contributed by atoms with van der Waals surface area (Å²) in [6.07, 6.45) is 2.50. The second-order valence-electron chi connectivity index (χ2n) is 5.64. The minimum absolute atomic E-state index is 0.247. The van der Waals surface area contributed by atoms with E-state index < -0.39 is 0 Å². The number of amides is 1. The lowest BCUT2D eigenvalue weighted by Crippen LogP contribution is -2.43. The molecule has 94 valence electrons. The molecule has 0 radical (unpaired) electrons. The number of hydrogen-bond donors (Lipinski definition) is 2. The quantitative estimate of drug-likeness (QED) is 0.716. The highest BCUT2D eigenvalue weighted by Gasteiger charge is 2.31. The highest BCUT2D eigenvalue weighted by Crippen LogP contribution is 2.33. The van der Waals surface area contributed by atoms with Crippen molar-refractivity contribution in [2.75, 3.05) is 33.2 Å². The van der Waals surface area contributed by atoms with Crippen LogP contribution >= 0.6 is 0 Å². The summed E-state index contributed by atoms with van der Waals surface area (Å²) in [5, 5.41) is 3.15. The lowest BCUT2D eigenvalue weighted by Gasteiger charge is -2.39. The summed E-state index contributed by atoms with van der Waals surface area (Å²) >= 11 is 0. The van der Waals surface area contributed by atoms with E-state index in [-0.39, 0.29) is 17.9 Å². The number of nitrogens with two attached hydrogens (primary N) is 1. The van der Waals surface area contributed by atoms with Crippen LogP contribution in [0.2, 0.25) is 0 Å².